The van der Waals surface area contributed by atoms with Gasteiger partial charge in [0.05, 0.1) is 0 Å². The number of benzene rings is 1. The second-order valence-electron chi connectivity index (χ2n) is 5.43. The lowest BCUT2D eigenvalue weighted by molar-refractivity contribution is 0.314. The van der Waals surface area contributed by atoms with Crippen molar-refractivity contribution >= 4 is 11.6 Å². The molecule has 1 saturated heterocycles. The van der Waals surface area contributed by atoms with Crippen molar-refractivity contribution in [2.75, 3.05) is 13.1 Å². The van der Waals surface area contributed by atoms with Crippen molar-refractivity contribution < 1.29 is 8.91 Å². The molecule has 1 aliphatic rings. The molecule has 0 saturated carbocycles. The maximum Gasteiger partial charge on any atom is 0.226 e. The van der Waals surface area contributed by atoms with Gasteiger partial charge in [-0.15, -0.1) is 0 Å². The Morgan fingerprint density at radius 3 is 3.10 bits per heavy atom. The van der Waals surface area contributed by atoms with Gasteiger partial charge in [-0.05, 0) is 49.5 Å². The highest BCUT2D eigenvalue weighted by molar-refractivity contribution is 6.31. The van der Waals surface area contributed by atoms with Crippen molar-refractivity contribution in [2.45, 2.75) is 25.7 Å². The topological polar surface area (TPSA) is 51.0 Å². The van der Waals surface area contributed by atoms with Crippen LogP contribution in [-0.2, 0) is 12.8 Å². The maximum absolute atomic E-state index is 13.0. The maximum atomic E-state index is 13.0. The molecule has 1 fully saturated rings. The van der Waals surface area contributed by atoms with E-state index in [1.54, 1.807) is 6.07 Å². The summed E-state index contributed by atoms with van der Waals surface area (Å²) in [5.74, 6) is 1.46. The Balaban J connectivity index is 1.64. The molecule has 1 N–H and O–H groups in total. The molecule has 4 nitrogen and oxygen atoms in total. The first-order chi connectivity index (χ1) is 10.2. The van der Waals surface area contributed by atoms with Crippen LogP contribution in [0.15, 0.2) is 22.7 Å². The largest absolute Gasteiger partial charge is 0.339 e. The molecule has 21 heavy (non-hydrogen) atoms. The van der Waals surface area contributed by atoms with Crippen LogP contribution in [0, 0.1) is 11.7 Å². The van der Waals surface area contributed by atoms with Crippen LogP contribution >= 0.6 is 11.6 Å². The molecule has 1 aromatic carbocycles. The molecule has 6 heteroatoms. The Bertz CT molecular complexity index is 611. The summed E-state index contributed by atoms with van der Waals surface area (Å²) < 4.78 is 18.3. The van der Waals surface area contributed by atoms with Gasteiger partial charge in [-0.1, -0.05) is 22.8 Å². The second-order valence-corrected chi connectivity index (χ2v) is 5.84. The van der Waals surface area contributed by atoms with Crippen LogP contribution in [0.2, 0.25) is 5.02 Å². The third-order valence-electron chi connectivity index (χ3n) is 3.74. The van der Waals surface area contributed by atoms with Gasteiger partial charge >= 0.3 is 0 Å². The fourth-order valence-corrected chi connectivity index (χ4v) is 2.86. The van der Waals surface area contributed by atoms with E-state index in [-0.39, 0.29) is 5.82 Å². The number of hydrogen-bond acceptors (Lipinski definition) is 4. The summed E-state index contributed by atoms with van der Waals surface area (Å²) in [7, 11) is 0. The lowest BCUT2D eigenvalue weighted by Crippen LogP contribution is -2.30. The molecule has 2 heterocycles. The number of halogens is 2. The quantitative estimate of drug-likeness (QED) is 0.943. The van der Waals surface area contributed by atoms with Crippen LogP contribution in [0.1, 0.15) is 30.1 Å². The fraction of sp³-hybridized carbons (Fsp3) is 0.467. The molecule has 0 spiro atoms. The number of aromatic nitrogens is 2. The number of nitrogens with one attached hydrogen (secondary N) is 1. The average Bonchev–Trinajstić information content (AvgIpc) is 2.90. The van der Waals surface area contributed by atoms with Crippen LogP contribution in [0.4, 0.5) is 4.39 Å². The van der Waals surface area contributed by atoms with Gasteiger partial charge in [0.2, 0.25) is 5.89 Å². The van der Waals surface area contributed by atoms with E-state index in [4.69, 9.17) is 16.1 Å². The zero-order valence-corrected chi connectivity index (χ0v) is 12.4. The van der Waals surface area contributed by atoms with Crippen molar-refractivity contribution in [3.63, 3.8) is 0 Å². The predicted octanol–water partition coefficient (Wildman–Crippen LogP) is 3.00. The minimum Gasteiger partial charge on any atom is -0.339 e. The lowest BCUT2D eigenvalue weighted by atomic mass is 9.96. The summed E-state index contributed by atoms with van der Waals surface area (Å²) in [6.07, 6.45) is 3.63. The highest BCUT2D eigenvalue weighted by Gasteiger charge is 2.17. The SMILES string of the molecule is Fc1ccc(Cc2noc(CC3CCCNC3)n2)c(Cl)c1. The molecule has 0 bridgehead atoms. The van der Waals surface area contributed by atoms with Crippen molar-refractivity contribution in [3.05, 3.63) is 46.3 Å². The first-order valence-electron chi connectivity index (χ1n) is 7.17. The van der Waals surface area contributed by atoms with Gasteiger partial charge in [0, 0.05) is 17.9 Å². The van der Waals surface area contributed by atoms with Gasteiger partial charge in [0.25, 0.3) is 0 Å². The summed E-state index contributed by atoms with van der Waals surface area (Å²) in [5.41, 5.74) is 0.796. The number of nitrogens with zero attached hydrogens (tertiary/aromatic N) is 2. The Morgan fingerprint density at radius 1 is 1.43 bits per heavy atom. The summed E-state index contributed by atoms with van der Waals surface area (Å²) in [6, 6.07) is 4.33. The van der Waals surface area contributed by atoms with E-state index in [0.717, 1.165) is 25.1 Å². The minimum absolute atomic E-state index is 0.345. The monoisotopic (exact) mass is 309 g/mol. The highest BCUT2D eigenvalue weighted by Crippen LogP contribution is 2.20. The zero-order chi connectivity index (χ0) is 14.7. The van der Waals surface area contributed by atoms with Gasteiger partial charge in [-0.2, -0.15) is 4.98 Å². The molecule has 3 rings (SSSR count). The van der Waals surface area contributed by atoms with E-state index in [1.807, 2.05) is 0 Å². The van der Waals surface area contributed by atoms with Gasteiger partial charge < -0.3 is 9.84 Å². The Morgan fingerprint density at radius 2 is 2.33 bits per heavy atom. The van der Waals surface area contributed by atoms with Crippen molar-refractivity contribution in [1.29, 1.82) is 0 Å². The van der Waals surface area contributed by atoms with Crippen LogP contribution in [-0.4, -0.2) is 23.2 Å². The summed E-state index contributed by atoms with van der Waals surface area (Å²) in [6.45, 7) is 2.09. The molecule has 0 aliphatic carbocycles. The summed E-state index contributed by atoms with van der Waals surface area (Å²) in [4.78, 5) is 4.41. The first kappa shape index (κ1) is 14.5. The Kier molecular flexibility index (Phi) is 4.51. The van der Waals surface area contributed by atoms with Crippen LogP contribution in [0.25, 0.3) is 0 Å². The Labute approximate surface area is 127 Å². The van der Waals surface area contributed by atoms with Crippen LogP contribution in [0.5, 0.6) is 0 Å². The second kappa shape index (κ2) is 6.54. The molecular formula is C15H17ClFN3O. The van der Waals surface area contributed by atoms with Crippen molar-refractivity contribution in [2.24, 2.45) is 5.92 Å². The molecule has 1 aliphatic heterocycles. The lowest BCUT2D eigenvalue weighted by Gasteiger charge is -2.20. The van der Waals surface area contributed by atoms with E-state index in [0.29, 0.717) is 29.1 Å². The van der Waals surface area contributed by atoms with E-state index < -0.39 is 0 Å². The van der Waals surface area contributed by atoms with E-state index in [2.05, 4.69) is 15.5 Å². The van der Waals surface area contributed by atoms with E-state index in [9.17, 15) is 4.39 Å². The number of hydrogen-bond donors (Lipinski definition) is 1. The van der Waals surface area contributed by atoms with Gasteiger partial charge in [-0.25, -0.2) is 4.39 Å². The van der Waals surface area contributed by atoms with Crippen molar-refractivity contribution in [3.8, 4) is 0 Å². The Hall–Kier alpha value is -1.46. The summed E-state index contributed by atoms with van der Waals surface area (Å²) >= 11 is 6.01. The molecule has 0 amide bonds. The predicted molar refractivity (Wildman–Crippen MR) is 77.8 cm³/mol. The molecule has 1 atom stereocenters. The highest BCUT2D eigenvalue weighted by atomic mass is 35.5. The van der Waals surface area contributed by atoms with Gasteiger partial charge in [0.15, 0.2) is 5.82 Å². The third-order valence-corrected chi connectivity index (χ3v) is 4.09. The third kappa shape index (κ3) is 3.80. The van der Waals surface area contributed by atoms with Crippen molar-refractivity contribution in [1.82, 2.24) is 15.5 Å². The molecular weight excluding hydrogens is 293 g/mol. The summed E-state index contributed by atoms with van der Waals surface area (Å²) in [5, 5.41) is 7.74. The molecule has 1 aromatic heterocycles. The average molecular weight is 310 g/mol. The molecule has 2 aromatic rings. The normalized spacial score (nSPS) is 18.9. The molecule has 1 unspecified atom stereocenters. The van der Waals surface area contributed by atoms with Gasteiger partial charge in [-0.3, -0.25) is 0 Å². The van der Waals surface area contributed by atoms with E-state index >= 15 is 0 Å². The smallest absolute Gasteiger partial charge is 0.226 e. The fourth-order valence-electron chi connectivity index (χ4n) is 2.63. The first-order valence-corrected chi connectivity index (χ1v) is 7.54. The number of piperidine rings is 1. The van der Waals surface area contributed by atoms with Gasteiger partial charge in [0.1, 0.15) is 5.82 Å². The van der Waals surface area contributed by atoms with Crippen LogP contribution < -0.4 is 5.32 Å². The zero-order valence-electron chi connectivity index (χ0n) is 11.6. The minimum atomic E-state index is -0.345. The van der Waals surface area contributed by atoms with E-state index in [1.165, 1.54) is 25.0 Å². The molecule has 112 valence electrons. The number of rotatable bonds is 4. The van der Waals surface area contributed by atoms with Crippen LogP contribution in [0.3, 0.4) is 0 Å². The molecule has 0 radical (unpaired) electrons. The standard InChI is InChI=1S/C15H17ClFN3O/c16-13-8-12(17)4-3-11(13)7-14-19-15(21-20-14)6-10-2-1-5-18-9-10/h3-4,8,10,18H,1-2,5-7,9H2.